The third kappa shape index (κ3) is 6.53. The summed E-state index contributed by atoms with van der Waals surface area (Å²) < 4.78 is 9.44. The van der Waals surface area contributed by atoms with Crippen LogP contribution in [0.1, 0.15) is 30.6 Å². The molecular weight excluding hydrogens is 397 g/mol. The van der Waals surface area contributed by atoms with Crippen LogP contribution in [0, 0.1) is 5.92 Å². The highest BCUT2D eigenvalue weighted by Gasteiger charge is 2.56. The van der Waals surface area contributed by atoms with Gasteiger partial charge in [-0.2, -0.15) is 0 Å². The number of carboxylic acid groups (broad SMARTS) is 1. The van der Waals surface area contributed by atoms with Crippen molar-refractivity contribution in [3.8, 4) is 0 Å². The molecule has 1 aliphatic carbocycles. The molecule has 1 saturated carbocycles. The minimum absolute atomic E-state index is 0.113. The summed E-state index contributed by atoms with van der Waals surface area (Å²) in [5, 5.41) is 9.12. The van der Waals surface area contributed by atoms with Crippen molar-refractivity contribution in [1.82, 2.24) is 0 Å². The zero-order chi connectivity index (χ0) is 20.8. The van der Waals surface area contributed by atoms with Crippen molar-refractivity contribution in [2.75, 3.05) is 6.61 Å². The number of carboxylic acids is 1. The number of rotatable bonds is 6. The summed E-state index contributed by atoms with van der Waals surface area (Å²) in [6.07, 6.45) is 1.16. The Hall–Kier alpha value is -2.09. The smallest absolute Gasteiger partial charge is 0.344 e. The molecule has 9 heteroatoms. The first-order valence-electron chi connectivity index (χ1n) is 8.03. The Bertz CT molecular complexity index is 718. The summed E-state index contributed by atoms with van der Waals surface area (Å²) in [5.74, 6) is -2.19. The van der Waals surface area contributed by atoms with E-state index in [-0.39, 0.29) is 27.5 Å². The number of carbonyl (C=O) groups is 3. The topological polar surface area (TPSA) is 116 Å². The number of nitrogens with two attached hydrogens (primary N) is 1. The minimum Gasteiger partial charge on any atom is -0.479 e. The third-order valence-corrected chi connectivity index (χ3v) is 4.17. The molecule has 1 fully saturated rings. The van der Waals surface area contributed by atoms with Crippen LogP contribution >= 0.6 is 23.2 Å². The quantitative estimate of drug-likeness (QED) is 0.539. The van der Waals surface area contributed by atoms with Crippen LogP contribution < -0.4 is 5.73 Å². The van der Waals surface area contributed by atoms with Gasteiger partial charge in [0.05, 0.1) is 12.2 Å². The second-order valence-corrected chi connectivity index (χ2v) is 6.72. The van der Waals surface area contributed by atoms with Crippen molar-refractivity contribution < 1.29 is 29.0 Å². The Morgan fingerprint density at radius 3 is 2.33 bits per heavy atom. The molecule has 0 spiro atoms. The summed E-state index contributed by atoms with van der Waals surface area (Å²) >= 11 is 11.4. The molecule has 0 aliphatic heterocycles. The van der Waals surface area contributed by atoms with Gasteiger partial charge in [-0.1, -0.05) is 29.3 Å². The highest BCUT2D eigenvalue weighted by molar-refractivity contribution is 6.35. The van der Waals surface area contributed by atoms with Crippen LogP contribution in [0.15, 0.2) is 30.9 Å². The second-order valence-electron chi connectivity index (χ2n) is 5.85. The molecule has 0 saturated heterocycles. The van der Waals surface area contributed by atoms with E-state index in [4.69, 9.17) is 38.8 Å². The van der Waals surface area contributed by atoms with E-state index >= 15 is 0 Å². The van der Waals surface area contributed by atoms with Gasteiger partial charge < -0.3 is 20.3 Å². The molecule has 0 unspecified atom stereocenters. The highest BCUT2D eigenvalue weighted by Crippen LogP contribution is 2.42. The van der Waals surface area contributed by atoms with Crippen LogP contribution in [0.25, 0.3) is 0 Å². The lowest BCUT2D eigenvalue weighted by atomic mass is 10.2. The zero-order valence-electron chi connectivity index (χ0n) is 14.9. The van der Waals surface area contributed by atoms with Crippen molar-refractivity contribution >= 4 is 41.1 Å². The Kier molecular flexibility index (Phi) is 8.27. The fraction of sp³-hybridized carbons (Fsp3) is 0.389. The molecule has 27 heavy (non-hydrogen) atoms. The fourth-order valence-electron chi connectivity index (χ4n) is 2.05. The molecule has 148 valence electrons. The van der Waals surface area contributed by atoms with Crippen molar-refractivity contribution in [1.29, 1.82) is 0 Å². The maximum absolute atomic E-state index is 11.5. The van der Waals surface area contributed by atoms with E-state index in [1.807, 2.05) is 0 Å². The first-order chi connectivity index (χ1) is 12.5. The first kappa shape index (κ1) is 23.0. The largest absolute Gasteiger partial charge is 0.479 e. The Morgan fingerprint density at radius 2 is 1.93 bits per heavy atom. The van der Waals surface area contributed by atoms with Gasteiger partial charge in [-0.3, -0.25) is 4.79 Å². The SMILES string of the molecule is C=C[C@@H]1C[C@]1(N)C(=O)OCC.C[C@H](OC(=O)c1cc(Cl)cc(Cl)c1)C(=O)O. The normalized spacial score (nSPS) is 21.1. The molecule has 3 atom stereocenters. The van der Waals surface area contributed by atoms with Gasteiger partial charge in [0.1, 0.15) is 5.54 Å². The molecule has 1 aromatic rings. The number of hydrogen-bond acceptors (Lipinski definition) is 6. The second kappa shape index (κ2) is 9.73. The summed E-state index contributed by atoms with van der Waals surface area (Å²) in [4.78, 5) is 33.0. The number of esters is 2. The monoisotopic (exact) mass is 417 g/mol. The van der Waals surface area contributed by atoms with Gasteiger partial charge in [0.25, 0.3) is 0 Å². The lowest BCUT2D eigenvalue weighted by Crippen LogP contribution is -2.36. The molecule has 1 aromatic carbocycles. The van der Waals surface area contributed by atoms with Crippen LogP contribution in [0.4, 0.5) is 0 Å². The Morgan fingerprint density at radius 1 is 1.37 bits per heavy atom. The van der Waals surface area contributed by atoms with Gasteiger partial charge in [0.2, 0.25) is 0 Å². The first-order valence-corrected chi connectivity index (χ1v) is 8.79. The van der Waals surface area contributed by atoms with Crippen molar-refractivity contribution in [2.24, 2.45) is 11.7 Å². The van der Waals surface area contributed by atoms with Gasteiger partial charge in [0, 0.05) is 16.0 Å². The average molecular weight is 418 g/mol. The van der Waals surface area contributed by atoms with Crippen molar-refractivity contribution in [3.63, 3.8) is 0 Å². The number of carbonyl (C=O) groups excluding carboxylic acids is 2. The van der Waals surface area contributed by atoms with Gasteiger partial charge in [-0.15, -0.1) is 6.58 Å². The van der Waals surface area contributed by atoms with Crippen LogP contribution in [-0.4, -0.2) is 41.3 Å². The Labute approximate surface area is 167 Å². The van der Waals surface area contributed by atoms with E-state index in [1.165, 1.54) is 25.1 Å². The predicted octanol–water partition coefficient (Wildman–Crippen LogP) is 3.08. The molecule has 2 rings (SSSR count). The van der Waals surface area contributed by atoms with Crippen LogP contribution in [0.5, 0.6) is 0 Å². The van der Waals surface area contributed by atoms with Gasteiger partial charge in [-0.25, -0.2) is 9.59 Å². The number of aliphatic carboxylic acids is 1. The van der Waals surface area contributed by atoms with Gasteiger partial charge in [0.15, 0.2) is 6.10 Å². The average Bonchev–Trinajstić information content (AvgIpc) is 3.27. The molecule has 0 heterocycles. The molecular formula is C18H21Cl2NO6. The summed E-state index contributed by atoms with van der Waals surface area (Å²) in [5.41, 5.74) is 5.05. The van der Waals surface area contributed by atoms with E-state index in [0.717, 1.165) is 0 Å². The van der Waals surface area contributed by atoms with E-state index in [1.54, 1.807) is 13.0 Å². The van der Waals surface area contributed by atoms with Crippen molar-refractivity contribution in [3.05, 3.63) is 46.5 Å². The Balaban J connectivity index is 0.000000289. The molecule has 3 N–H and O–H groups in total. The van der Waals surface area contributed by atoms with E-state index in [2.05, 4.69) is 11.3 Å². The molecule has 1 aliphatic rings. The van der Waals surface area contributed by atoms with Crippen LogP contribution in [0.3, 0.4) is 0 Å². The van der Waals surface area contributed by atoms with Crippen molar-refractivity contribution in [2.45, 2.75) is 31.9 Å². The number of hydrogen-bond donors (Lipinski definition) is 2. The molecule has 7 nitrogen and oxygen atoms in total. The van der Waals surface area contributed by atoms with E-state index in [0.29, 0.717) is 13.0 Å². The van der Waals surface area contributed by atoms with E-state index in [9.17, 15) is 14.4 Å². The maximum Gasteiger partial charge on any atom is 0.344 e. The lowest BCUT2D eigenvalue weighted by molar-refractivity contribution is -0.146. The predicted molar refractivity (Wildman–Crippen MR) is 101 cm³/mol. The lowest BCUT2D eigenvalue weighted by Gasteiger charge is -2.08. The molecule has 0 amide bonds. The number of ether oxygens (including phenoxy) is 2. The molecule has 0 radical (unpaired) electrons. The number of halogens is 2. The molecule has 0 aromatic heterocycles. The summed E-state index contributed by atoms with van der Waals surface area (Å²) in [6.45, 7) is 6.99. The number of benzene rings is 1. The van der Waals surface area contributed by atoms with Crippen LogP contribution in [0.2, 0.25) is 10.0 Å². The highest BCUT2D eigenvalue weighted by atomic mass is 35.5. The summed E-state index contributed by atoms with van der Waals surface area (Å²) in [7, 11) is 0. The third-order valence-electron chi connectivity index (χ3n) is 3.73. The van der Waals surface area contributed by atoms with Gasteiger partial charge >= 0.3 is 17.9 Å². The van der Waals surface area contributed by atoms with Crippen LogP contribution in [-0.2, 0) is 19.1 Å². The fourth-order valence-corrected chi connectivity index (χ4v) is 2.58. The standard InChI is InChI=1S/C10H8Cl2O4.C8H13NO2/c1-5(9(13)14)16-10(15)6-2-7(11)4-8(12)3-6;1-3-6-5-8(6,9)7(10)11-4-2/h2-5H,1H3,(H,13,14);3,6H,1,4-5,9H2,2H3/t5-;6-,8-/m01/s1. The zero-order valence-corrected chi connectivity index (χ0v) is 16.4. The maximum atomic E-state index is 11.5. The molecule has 0 bridgehead atoms. The van der Waals surface area contributed by atoms with E-state index < -0.39 is 23.6 Å². The minimum atomic E-state index is -1.22. The summed E-state index contributed by atoms with van der Waals surface area (Å²) in [6, 6.07) is 4.16. The van der Waals surface area contributed by atoms with Gasteiger partial charge in [-0.05, 0) is 38.5 Å².